The fourth-order valence-corrected chi connectivity index (χ4v) is 8.29. The summed E-state index contributed by atoms with van der Waals surface area (Å²) in [6, 6.07) is 11.5. The second-order valence-electron chi connectivity index (χ2n) is 11.4. The van der Waals surface area contributed by atoms with Gasteiger partial charge in [0.2, 0.25) is 0 Å². The van der Waals surface area contributed by atoms with Crippen molar-refractivity contribution >= 4 is 11.0 Å². The van der Waals surface area contributed by atoms with Crippen molar-refractivity contribution in [2.24, 2.45) is 11.8 Å². The molecule has 174 valence electrons. The van der Waals surface area contributed by atoms with Crippen molar-refractivity contribution in [1.82, 2.24) is 24.4 Å². The molecule has 0 amide bonds. The van der Waals surface area contributed by atoms with E-state index in [9.17, 15) is 0 Å². The molecule has 7 rings (SSSR count). The van der Waals surface area contributed by atoms with Crippen LogP contribution in [-0.2, 0) is 0 Å². The van der Waals surface area contributed by atoms with Gasteiger partial charge in [0.25, 0.3) is 0 Å². The third-order valence-corrected chi connectivity index (χ3v) is 9.48. The maximum absolute atomic E-state index is 5.06. The van der Waals surface area contributed by atoms with Crippen LogP contribution in [0, 0.1) is 11.8 Å². The molecule has 2 unspecified atom stereocenters. The second kappa shape index (κ2) is 8.26. The highest BCUT2D eigenvalue weighted by atomic mass is 15.3. The van der Waals surface area contributed by atoms with E-state index >= 15 is 0 Å². The number of nitrogens with one attached hydrogen (secondary N) is 1. The van der Waals surface area contributed by atoms with Crippen LogP contribution in [-0.4, -0.2) is 42.5 Å². The fraction of sp³-hybridized carbons (Fsp3) is 0.643. The third-order valence-electron chi connectivity index (χ3n) is 9.48. The molecule has 5 heteroatoms. The quantitative estimate of drug-likeness (QED) is 0.514. The van der Waals surface area contributed by atoms with Crippen molar-refractivity contribution < 1.29 is 0 Å². The van der Waals surface area contributed by atoms with Crippen LogP contribution in [0.2, 0.25) is 0 Å². The zero-order valence-corrected chi connectivity index (χ0v) is 19.7. The van der Waals surface area contributed by atoms with Crippen LogP contribution in [0.15, 0.2) is 36.8 Å². The Kier molecular flexibility index (Phi) is 5.07. The fourth-order valence-electron chi connectivity index (χ4n) is 8.29. The molecule has 4 bridgehead atoms. The first-order valence-electron chi connectivity index (χ1n) is 13.6. The summed E-state index contributed by atoms with van der Waals surface area (Å²) < 4.78 is 2.56. The number of fused-ring (bicyclic) bond motifs is 5. The van der Waals surface area contributed by atoms with Crippen LogP contribution in [0.4, 0.5) is 0 Å². The van der Waals surface area contributed by atoms with Crippen molar-refractivity contribution in [3.63, 3.8) is 0 Å². The Morgan fingerprint density at radius 1 is 0.758 bits per heavy atom. The highest BCUT2D eigenvalue weighted by Gasteiger charge is 2.45. The second-order valence-corrected chi connectivity index (χ2v) is 11.4. The third kappa shape index (κ3) is 3.54. The van der Waals surface area contributed by atoms with Crippen LogP contribution in [0.1, 0.15) is 83.1 Å². The molecule has 2 aliphatic heterocycles. The van der Waals surface area contributed by atoms with Gasteiger partial charge in [-0.2, -0.15) is 0 Å². The standard InChI is InChI=1S/C28H37N5/c1-2-7-20-12-19(6-1)13-23(14-20)32-21-8-5-9-22(32)16-24(15-21)33-27-11-4-3-10-25(27)31-28(33)26-17-29-18-30-26/h3-4,10-11,17-24H,1-2,5-9,12-16H2,(H,29,30)/t19-,20+,21-,22+,23?,24?. The molecular weight excluding hydrogens is 406 g/mol. The Hall–Kier alpha value is -2.14. The van der Waals surface area contributed by atoms with Gasteiger partial charge >= 0.3 is 0 Å². The van der Waals surface area contributed by atoms with E-state index in [-0.39, 0.29) is 0 Å². The van der Waals surface area contributed by atoms with Crippen molar-refractivity contribution in [1.29, 1.82) is 0 Å². The topological polar surface area (TPSA) is 49.7 Å². The molecule has 5 nitrogen and oxygen atoms in total. The van der Waals surface area contributed by atoms with Gasteiger partial charge in [-0.25, -0.2) is 9.97 Å². The summed E-state index contributed by atoms with van der Waals surface area (Å²) in [6.07, 6.45) is 20.8. The number of imidazole rings is 2. The first-order valence-corrected chi connectivity index (χ1v) is 13.6. The number of piperidine rings is 2. The van der Waals surface area contributed by atoms with Crippen molar-refractivity contribution in [2.45, 2.75) is 101 Å². The Morgan fingerprint density at radius 2 is 1.52 bits per heavy atom. The highest BCUT2D eigenvalue weighted by molar-refractivity contribution is 5.80. The highest BCUT2D eigenvalue weighted by Crippen LogP contribution is 2.47. The van der Waals surface area contributed by atoms with Gasteiger partial charge in [-0.15, -0.1) is 0 Å². The van der Waals surface area contributed by atoms with Crippen LogP contribution in [0.3, 0.4) is 0 Å². The number of aromatic nitrogens is 4. The normalized spacial score (nSPS) is 34.9. The molecule has 2 saturated heterocycles. The molecule has 3 aromatic rings. The van der Waals surface area contributed by atoms with E-state index in [4.69, 9.17) is 4.98 Å². The lowest BCUT2D eigenvalue weighted by Crippen LogP contribution is -2.58. The minimum atomic E-state index is 0.521. The summed E-state index contributed by atoms with van der Waals surface area (Å²) in [5.41, 5.74) is 3.42. The lowest BCUT2D eigenvalue weighted by molar-refractivity contribution is -0.0415. The van der Waals surface area contributed by atoms with Crippen molar-refractivity contribution in [3.8, 4) is 11.5 Å². The Bertz CT molecular complexity index is 1070. The molecule has 4 heterocycles. The Labute approximate surface area is 197 Å². The van der Waals surface area contributed by atoms with E-state index in [2.05, 4.69) is 43.7 Å². The van der Waals surface area contributed by atoms with Gasteiger partial charge in [-0.3, -0.25) is 4.90 Å². The summed E-state index contributed by atoms with van der Waals surface area (Å²) in [4.78, 5) is 15.8. The van der Waals surface area contributed by atoms with E-state index in [1.165, 1.54) is 82.6 Å². The van der Waals surface area contributed by atoms with Crippen molar-refractivity contribution in [3.05, 3.63) is 36.8 Å². The predicted octanol–water partition coefficient (Wildman–Crippen LogP) is 6.34. The van der Waals surface area contributed by atoms with Gasteiger partial charge < -0.3 is 9.55 Å². The number of hydrogen-bond acceptors (Lipinski definition) is 3. The molecule has 2 saturated carbocycles. The molecule has 4 aliphatic rings. The number of aromatic amines is 1. The van der Waals surface area contributed by atoms with Gasteiger partial charge in [-0.1, -0.05) is 44.2 Å². The van der Waals surface area contributed by atoms with E-state index in [0.717, 1.165) is 47.0 Å². The average Bonchev–Trinajstić information content (AvgIpc) is 3.45. The van der Waals surface area contributed by atoms with Gasteiger partial charge in [0, 0.05) is 24.2 Å². The molecule has 0 radical (unpaired) electrons. The van der Waals surface area contributed by atoms with Gasteiger partial charge in [0.1, 0.15) is 5.69 Å². The largest absolute Gasteiger partial charge is 0.342 e. The first kappa shape index (κ1) is 20.3. The number of benzene rings is 1. The maximum atomic E-state index is 5.06. The predicted molar refractivity (Wildman–Crippen MR) is 132 cm³/mol. The summed E-state index contributed by atoms with van der Waals surface area (Å²) in [7, 11) is 0. The lowest BCUT2D eigenvalue weighted by Gasteiger charge is -2.54. The molecule has 1 N–H and O–H groups in total. The monoisotopic (exact) mass is 443 g/mol. The Balaban J connectivity index is 1.22. The minimum absolute atomic E-state index is 0.521. The van der Waals surface area contributed by atoms with E-state index < -0.39 is 0 Å². The van der Waals surface area contributed by atoms with Crippen molar-refractivity contribution in [2.75, 3.05) is 0 Å². The van der Waals surface area contributed by atoms with Crippen LogP contribution in [0.25, 0.3) is 22.6 Å². The summed E-state index contributed by atoms with van der Waals surface area (Å²) in [5.74, 6) is 3.06. The number of nitrogens with zero attached hydrogens (tertiary/aromatic N) is 4. The summed E-state index contributed by atoms with van der Waals surface area (Å²) in [5, 5.41) is 0. The molecule has 4 fully saturated rings. The van der Waals surface area contributed by atoms with Gasteiger partial charge in [0.15, 0.2) is 5.82 Å². The van der Waals surface area contributed by atoms with E-state index in [1.54, 1.807) is 6.33 Å². The number of para-hydroxylation sites is 2. The molecule has 1 aromatic carbocycles. The SMILES string of the molecule is c1ccc2c(c1)nc(-c1cnc[nH]1)n2C1C[C@H]2CCC[C@@H](C1)N2C1C[C@H]2CCCC[C@@H](C1)C2. The molecule has 33 heavy (non-hydrogen) atoms. The Morgan fingerprint density at radius 3 is 2.24 bits per heavy atom. The lowest BCUT2D eigenvalue weighted by atomic mass is 9.73. The minimum Gasteiger partial charge on any atom is -0.342 e. The maximum Gasteiger partial charge on any atom is 0.159 e. The van der Waals surface area contributed by atoms with Gasteiger partial charge in [-0.05, 0) is 68.9 Å². The van der Waals surface area contributed by atoms with Crippen LogP contribution >= 0.6 is 0 Å². The van der Waals surface area contributed by atoms with Crippen LogP contribution < -0.4 is 0 Å². The number of H-pyrrole nitrogens is 1. The number of rotatable bonds is 3. The van der Waals surface area contributed by atoms with E-state index in [0.29, 0.717) is 6.04 Å². The summed E-state index contributed by atoms with van der Waals surface area (Å²) in [6.45, 7) is 0. The zero-order chi connectivity index (χ0) is 21.8. The van der Waals surface area contributed by atoms with Gasteiger partial charge in [0.05, 0.1) is 23.6 Å². The molecular formula is C28H37N5. The first-order chi connectivity index (χ1) is 16.3. The molecule has 6 atom stereocenters. The number of hydrogen-bond donors (Lipinski definition) is 1. The molecule has 2 aromatic heterocycles. The van der Waals surface area contributed by atoms with E-state index in [1.807, 2.05) is 6.20 Å². The molecule has 0 spiro atoms. The smallest absolute Gasteiger partial charge is 0.159 e. The summed E-state index contributed by atoms with van der Waals surface area (Å²) >= 11 is 0. The molecule has 2 aliphatic carbocycles. The zero-order valence-electron chi connectivity index (χ0n) is 19.7. The van der Waals surface area contributed by atoms with Crippen LogP contribution in [0.5, 0.6) is 0 Å². The average molecular weight is 444 g/mol.